The third kappa shape index (κ3) is 5.35. The number of amides is 1. The maximum atomic E-state index is 12.1. The number of hydrogen-bond acceptors (Lipinski definition) is 8. The number of aryl methyl sites for hydroxylation is 1. The first-order valence-corrected chi connectivity index (χ1v) is 9.13. The highest BCUT2D eigenvalue weighted by molar-refractivity contribution is 7.81. The summed E-state index contributed by atoms with van der Waals surface area (Å²) in [6.07, 6.45) is 2.85. The van der Waals surface area contributed by atoms with Crippen LogP contribution in [0.15, 0.2) is 24.3 Å². The molecule has 2 rings (SSSR count). The van der Waals surface area contributed by atoms with Crippen molar-refractivity contribution in [1.29, 1.82) is 0 Å². The summed E-state index contributed by atoms with van der Waals surface area (Å²) in [5.41, 5.74) is 1.16. The van der Waals surface area contributed by atoms with Crippen LogP contribution in [0.3, 0.4) is 0 Å². The third-order valence-electron chi connectivity index (χ3n) is 3.32. The first-order valence-electron chi connectivity index (χ1n) is 7.90. The van der Waals surface area contributed by atoms with E-state index in [0.29, 0.717) is 26.9 Å². The van der Waals surface area contributed by atoms with Gasteiger partial charge in [0.2, 0.25) is 5.91 Å². The van der Waals surface area contributed by atoms with Gasteiger partial charge in [-0.1, -0.05) is 18.3 Å². The summed E-state index contributed by atoms with van der Waals surface area (Å²) in [7, 11) is 1.44. The molecule has 0 radical (unpaired) electrons. The number of hydrogen-bond donors (Lipinski definition) is 2. The zero-order chi connectivity index (χ0) is 20.0. The average molecular weight is 406 g/mol. The van der Waals surface area contributed by atoms with E-state index in [1.165, 1.54) is 19.3 Å². The summed E-state index contributed by atoms with van der Waals surface area (Å²) in [5.74, 6) is -0.596. The minimum absolute atomic E-state index is 0.0109. The number of phenols is 1. The second-order valence-electron chi connectivity index (χ2n) is 5.24. The number of nitrogens with zero attached hydrogens (tertiary/aromatic N) is 1. The van der Waals surface area contributed by atoms with Crippen LogP contribution in [-0.2, 0) is 9.53 Å². The Kier molecular flexibility index (Phi) is 7.03. The molecule has 0 fully saturated rings. The number of benzene rings is 1. The number of methoxy groups -OCH3 is 1. The summed E-state index contributed by atoms with van der Waals surface area (Å²) in [5, 5.41) is 12.5. The summed E-state index contributed by atoms with van der Waals surface area (Å²) in [6.45, 7) is 3.66. The number of carbonyl (C=O) groups is 2. The number of phenolic OH excluding ortho intramolecular Hbond substituents is 1. The minimum atomic E-state index is -0.464. The molecule has 27 heavy (non-hydrogen) atoms. The third-order valence-corrected chi connectivity index (χ3v) is 4.90. The van der Waals surface area contributed by atoms with Crippen molar-refractivity contribution in [2.75, 3.05) is 13.7 Å². The molecule has 9 heteroatoms. The van der Waals surface area contributed by atoms with Gasteiger partial charge >= 0.3 is 5.97 Å². The number of thiazole rings is 1. The lowest BCUT2D eigenvalue weighted by molar-refractivity contribution is -0.115. The second kappa shape index (κ2) is 9.24. The van der Waals surface area contributed by atoms with Crippen LogP contribution in [0.2, 0.25) is 0 Å². The van der Waals surface area contributed by atoms with E-state index in [2.05, 4.69) is 10.3 Å². The summed E-state index contributed by atoms with van der Waals surface area (Å²) < 4.78 is 9.97. The fraction of sp³-hybridized carbons (Fsp3) is 0.222. The van der Waals surface area contributed by atoms with Gasteiger partial charge in [0, 0.05) is 6.08 Å². The van der Waals surface area contributed by atoms with Gasteiger partial charge in [0.05, 0.1) is 19.4 Å². The zero-order valence-electron chi connectivity index (χ0n) is 14.9. The molecular weight excluding hydrogens is 388 g/mol. The fourth-order valence-corrected chi connectivity index (χ4v) is 3.18. The van der Waals surface area contributed by atoms with Gasteiger partial charge in [0.1, 0.15) is 9.87 Å². The summed E-state index contributed by atoms with van der Waals surface area (Å²) in [6, 6.07) is 4.69. The highest BCUT2D eigenvalue weighted by atomic mass is 32.1. The van der Waals surface area contributed by atoms with Gasteiger partial charge in [-0.3, -0.25) is 4.79 Å². The number of ether oxygens (including phenoxy) is 2. The first-order chi connectivity index (χ1) is 12.8. The summed E-state index contributed by atoms with van der Waals surface area (Å²) >= 11 is 6.25. The van der Waals surface area contributed by atoms with Crippen LogP contribution >= 0.6 is 23.6 Å². The van der Waals surface area contributed by atoms with Crippen LogP contribution in [0.25, 0.3) is 6.08 Å². The van der Waals surface area contributed by atoms with Crippen LogP contribution in [0.1, 0.15) is 32.9 Å². The van der Waals surface area contributed by atoms with Crippen molar-refractivity contribution in [3.8, 4) is 11.5 Å². The largest absolute Gasteiger partial charge is 0.504 e. The van der Waals surface area contributed by atoms with E-state index in [-0.39, 0.29) is 17.3 Å². The lowest BCUT2D eigenvalue weighted by atomic mass is 10.2. The van der Waals surface area contributed by atoms with Crippen molar-refractivity contribution in [3.05, 3.63) is 45.4 Å². The molecule has 1 aromatic carbocycles. The molecule has 0 saturated carbocycles. The smallest absolute Gasteiger partial charge is 0.350 e. The molecule has 0 bridgehead atoms. The molecule has 0 aliphatic heterocycles. The Morgan fingerprint density at radius 1 is 1.41 bits per heavy atom. The monoisotopic (exact) mass is 406 g/mol. The van der Waals surface area contributed by atoms with Crippen LogP contribution < -0.4 is 10.1 Å². The van der Waals surface area contributed by atoms with E-state index in [9.17, 15) is 14.7 Å². The SMILES string of the molecule is CCOC(=O)c1sc(C(=S)NC(=O)/C=C/c2ccc(O)c(OC)c2)nc1C. The highest BCUT2D eigenvalue weighted by Gasteiger charge is 2.19. The fourth-order valence-electron chi connectivity index (χ4n) is 2.06. The topological polar surface area (TPSA) is 97.8 Å². The molecule has 1 heterocycles. The Hall–Kier alpha value is -2.78. The van der Waals surface area contributed by atoms with Gasteiger partial charge in [0.25, 0.3) is 0 Å². The number of aromatic nitrogens is 1. The van der Waals surface area contributed by atoms with Gasteiger partial charge in [-0.15, -0.1) is 11.3 Å². The molecule has 2 aromatic rings. The number of carbonyl (C=O) groups excluding carboxylic acids is 2. The van der Waals surface area contributed by atoms with Gasteiger partial charge < -0.3 is 19.9 Å². The molecule has 0 spiro atoms. The molecule has 0 unspecified atom stereocenters. The Balaban J connectivity index is 2.04. The normalized spacial score (nSPS) is 10.6. The number of rotatable bonds is 6. The minimum Gasteiger partial charge on any atom is -0.504 e. The molecule has 142 valence electrons. The Morgan fingerprint density at radius 2 is 2.15 bits per heavy atom. The van der Waals surface area contributed by atoms with E-state index >= 15 is 0 Å². The Bertz CT molecular complexity index is 905. The number of nitrogens with one attached hydrogen (secondary N) is 1. The van der Waals surface area contributed by atoms with E-state index in [0.717, 1.165) is 11.3 Å². The van der Waals surface area contributed by atoms with Gasteiger partial charge in [-0.2, -0.15) is 0 Å². The maximum absolute atomic E-state index is 12.1. The van der Waals surface area contributed by atoms with Crippen LogP contribution in [0, 0.1) is 6.92 Å². The number of aromatic hydroxyl groups is 1. The first kappa shape index (κ1) is 20.5. The zero-order valence-corrected chi connectivity index (χ0v) is 16.6. The Morgan fingerprint density at radius 3 is 2.81 bits per heavy atom. The standard InChI is InChI=1S/C18H18N2O5S2/c1-4-25-18(23)15-10(2)19-17(27-15)16(26)20-14(22)8-6-11-5-7-12(21)13(9-11)24-3/h5-9,21H,4H2,1-3H3,(H,20,22,26)/b8-6+. The van der Waals surface area contributed by atoms with Crippen molar-refractivity contribution in [2.24, 2.45) is 0 Å². The van der Waals surface area contributed by atoms with Crippen molar-refractivity contribution in [1.82, 2.24) is 10.3 Å². The van der Waals surface area contributed by atoms with E-state index < -0.39 is 11.9 Å². The molecule has 0 aliphatic carbocycles. The number of thiocarbonyl (C=S) groups is 1. The van der Waals surface area contributed by atoms with Gasteiger partial charge in [-0.05, 0) is 37.6 Å². The van der Waals surface area contributed by atoms with E-state index in [1.54, 1.807) is 32.1 Å². The quantitative estimate of drug-likeness (QED) is 0.432. The lowest BCUT2D eigenvalue weighted by Crippen LogP contribution is -2.27. The van der Waals surface area contributed by atoms with Crippen molar-refractivity contribution in [3.63, 3.8) is 0 Å². The van der Waals surface area contributed by atoms with Crippen molar-refractivity contribution < 1.29 is 24.2 Å². The molecule has 2 N–H and O–H groups in total. The second-order valence-corrected chi connectivity index (χ2v) is 6.64. The molecule has 0 saturated heterocycles. The van der Waals surface area contributed by atoms with E-state index in [4.69, 9.17) is 21.7 Å². The summed E-state index contributed by atoms with van der Waals surface area (Å²) in [4.78, 5) is 28.6. The van der Waals surface area contributed by atoms with Crippen molar-refractivity contribution >= 4 is 46.5 Å². The Labute approximate surface area is 165 Å². The molecular formula is C18H18N2O5S2. The predicted octanol–water partition coefficient (Wildman–Crippen LogP) is 2.85. The molecule has 1 aromatic heterocycles. The van der Waals surface area contributed by atoms with Gasteiger partial charge in [0.15, 0.2) is 16.5 Å². The molecule has 0 aliphatic rings. The molecule has 0 atom stereocenters. The van der Waals surface area contributed by atoms with Gasteiger partial charge in [-0.25, -0.2) is 9.78 Å². The lowest BCUT2D eigenvalue weighted by Gasteiger charge is -2.04. The van der Waals surface area contributed by atoms with Crippen molar-refractivity contribution in [2.45, 2.75) is 13.8 Å². The highest BCUT2D eigenvalue weighted by Crippen LogP contribution is 2.26. The predicted molar refractivity (Wildman–Crippen MR) is 106 cm³/mol. The van der Waals surface area contributed by atoms with Crippen LogP contribution in [-0.4, -0.2) is 40.7 Å². The van der Waals surface area contributed by atoms with Crippen LogP contribution in [0.5, 0.6) is 11.5 Å². The van der Waals surface area contributed by atoms with E-state index in [1.807, 2.05) is 0 Å². The van der Waals surface area contributed by atoms with Crippen LogP contribution in [0.4, 0.5) is 0 Å². The maximum Gasteiger partial charge on any atom is 0.350 e. The molecule has 1 amide bonds. The average Bonchev–Trinajstić information content (AvgIpc) is 3.03. The number of esters is 1. The molecule has 7 nitrogen and oxygen atoms in total.